The molecule has 2 aliphatic heterocycles. The van der Waals surface area contributed by atoms with Gasteiger partial charge in [0.1, 0.15) is 0 Å². The maximum absolute atomic E-state index is 6.96. The van der Waals surface area contributed by atoms with Crippen molar-refractivity contribution in [2.75, 3.05) is 0 Å². The van der Waals surface area contributed by atoms with Crippen LogP contribution in [0.4, 0.5) is 0 Å². The molecule has 8 rings (SSSR count). The standard InChI is InChI=1S/C26H16N2O2Se/c1-5-17-11-13-19-7-3-15-27-25(19)23(17)21(9-1)29-31(27)28-16-4-8-20-14-12-18-6-2-10-22(30-31)24(18)26(20)28/h1-16H/q+2. The Hall–Kier alpha value is -3.66. The number of hydrogen-bond acceptors (Lipinski definition) is 2. The monoisotopic (exact) mass is 468 g/mol. The van der Waals surface area contributed by atoms with Crippen LogP contribution < -0.4 is 14.8 Å². The van der Waals surface area contributed by atoms with E-state index >= 15 is 0 Å². The summed E-state index contributed by atoms with van der Waals surface area (Å²) in [6, 6.07) is 29.8. The Kier molecular flexibility index (Phi) is 2.76. The zero-order valence-electron chi connectivity index (χ0n) is 16.4. The molecule has 146 valence electrons. The third-order valence-corrected chi connectivity index (χ3v) is 11.4. The molecule has 0 atom stereocenters. The molecule has 0 amide bonds. The SMILES string of the molecule is c1cc2c3c(c1)ccc1ccc[n+](c13)[Se]1(O2)Oc2cccc3ccc4ccc[n+]1c4c23. The average molecular weight is 467 g/mol. The van der Waals surface area contributed by atoms with E-state index in [1.54, 1.807) is 0 Å². The normalized spacial score (nSPS) is 16.3. The second-order valence-electron chi connectivity index (χ2n) is 8.00. The second kappa shape index (κ2) is 5.33. The van der Waals surface area contributed by atoms with E-state index in [0.717, 1.165) is 22.3 Å². The van der Waals surface area contributed by atoms with Gasteiger partial charge in [-0.15, -0.1) is 0 Å². The van der Waals surface area contributed by atoms with E-state index in [1.807, 2.05) is 0 Å². The van der Waals surface area contributed by atoms with Gasteiger partial charge in [0.25, 0.3) is 0 Å². The van der Waals surface area contributed by atoms with Gasteiger partial charge < -0.3 is 0 Å². The molecular formula is C26H16N2O2Se+2. The molecule has 6 aromatic rings. The summed E-state index contributed by atoms with van der Waals surface area (Å²) in [6.45, 7) is 0. The first kappa shape index (κ1) is 16.1. The Balaban J connectivity index is 1.62. The van der Waals surface area contributed by atoms with Crippen LogP contribution in [0.15, 0.2) is 97.3 Å². The van der Waals surface area contributed by atoms with Crippen LogP contribution >= 0.6 is 0 Å². The molecule has 0 saturated carbocycles. The fourth-order valence-corrected chi connectivity index (χ4v) is 10.5. The van der Waals surface area contributed by atoms with Crippen LogP contribution in [0.1, 0.15) is 0 Å². The van der Waals surface area contributed by atoms with Crippen molar-refractivity contribution in [2.24, 2.45) is 0 Å². The van der Waals surface area contributed by atoms with Gasteiger partial charge in [-0.3, -0.25) is 0 Å². The number of benzene rings is 4. The summed E-state index contributed by atoms with van der Waals surface area (Å²) >= 11 is -3.44. The molecule has 4 aromatic carbocycles. The number of pyridine rings is 2. The van der Waals surface area contributed by atoms with E-state index in [9.17, 15) is 0 Å². The third-order valence-electron chi connectivity index (χ3n) is 6.35. The van der Waals surface area contributed by atoms with Crippen molar-refractivity contribution in [1.29, 1.82) is 0 Å². The van der Waals surface area contributed by atoms with Crippen molar-refractivity contribution in [3.63, 3.8) is 0 Å². The molecule has 0 bridgehead atoms. The first-order valence-corrected chi connectivity index (χ1v) is 13.2. The van der Waals surface area contributed by atoms with Gasteiger partial charge in [-0.05, 0) is 0 Å². The Morgan fingerprint density at radius 1 is 0.484 bits per heavy atom. The van der Waals surface area contributed by atoms with Crippen molar-refractivity contribution in [2.45, 2.75) is 0 Å². The maximum atomic E-state index is 6.96. The molecule has 1 spiro atoms. The van der Waals surface area contributed by atoms with E-state index in [-0.39, 0.29) is 0 Å². The van der Waals surface area contributed by atoms with Crippen LogP contribution in [0.5, 0.6) is 11.5 Å². The van der Waals surface area contributed by atoms with Crippen LogP contribution in [0.2, 0.25) is 0 Å². The van der Waals surface area contributed by atoms with Gasteiger partial charge in [-0.1, -0.05) is 0 Å². The summed E-state index contributed by atoms with van der Waals surface area (Å²) in [5.41, 5.74) is 2.36. The van der Waals surface area contributed by atoms with Crippen molar-refractivity contribution in [1.82, 2.24) is 0 Å². The summed E-state index contributed by atoms with van der Waals surface area (Å²) < 4.78 is 18.5. The van der Waals surface area contributed by atoms with Crippen LogP contribution in [0.3, 0.4) is 0 Å². The minimum absolute atomic E-state index is 0.894. The molecular weight excluding hydrogens is 451 g/mol. The Labute approximate surface area is 180 Å². The van der Waals surface area contributed by atoms with E-state index in [2.05, 4.69) is 104 Å². The number of hydrogen-bond donors (Lipinski definition) is 0. The molecule has 0 fully saturated rings. The molecule has 0 N–H and O–H groups in total. The molecule has 0 saturated heterocycles. The molecule has 4 nitrogen and oxygen atoms in total. The van der Waals surface area contributed by atoms with E-state index in [0.29, 0.717) is 0 Å². The number of fused-ring (bicyclic) bond motifs is 2. The van der Waals surface area contributed by atoms with Gasteiger partial charge in [-0.2, -0.15) is 0 Å². The second-order valence-corrected chi connectivity index (χ2v) is 12.2. The molecule has 31 heavy (non-hydrogen) atoms. The molecule has 0 aliphatic carbocycles. The van der Waals surface area contributed by atoms with Crippen molar-refractivity contribution >= 4 is 57.3 Å². The Morgan fingerprint density at radius 2 is 0.935 bits per heavy atom. The van der Waals surface area contributed by atoms with Crippen LogP contribution in [0, 0.1) is 0 Å². The van der Waals surface area contributed by atoms with E-state index < -0.39 is 13.9 Å². The first-order chi connectivity index (χ1) is 15.3. The topological polar surface area (TPSA) is 26.2 Å². The zero-order chi connectivity index (χ0) is 20.2. The number of rotatable bonds is 0. The van der Waals surface area contributed by atoms with Gasteiger partial charge in [-0.25, -0.2) is 0 Å². The van der Waals surface area contributed by atoms with Gasteiger partial charge in [0.05, 0.1) is 0 Å². The van der Waals surface area contributed by atoms with Crippen LogP contribution in [0.25, 0.3) is 43.4 Å². The summed E-state index contributed by atoms with van der Waals surface area (Å²) in [5, 5.41) is 7.04. The van der Waals surface area contributed by atoms with E-state index in [4.69, 9.17) is 7.64 Å². The quantitative estimate of drug-likeness (QED) is 0.243. The minimum atomic E-state index is -3.44. The van der Waals surface area contributed by atoms with Crippen molar-refractivity contribution in [3.8, 4) is 11.5 Å². The fourth-order valence-electron chi connectivity index (χ4n) is 5.06. The molecule has 0 unspecified atom stereocenters. The average Bonchev–Trinajstić information content (AvgIpc) is 2.82. The summed E-state index contributed by atoms with van der Waals surface area (Å²) in [5.74, 6) is 1.79. The summed E-state index contributed by atoms with van der Waals surface area (Å²) in [4.78, 5) is 0. The van der Waals surface area contributed by atoms with Crippen LogP contribution in [-0.2, 0) is 0 Å². The number of nitrogens with zero attached hydrogens (tertiary/aromatic N) is 2. The Bertz CT molecular complexity index is 1630. The first-order valence-electron chi connectivity index (χ1n) is 10.3. The van der Waals surface area contributed by atoms with Gasteiger partial charge in [0.15, 0.2) is 0 Å². The molecule has 5 heteroatoms. The predicted molar refractivity (Wildman–Crippen MR) is 121 cm³/mol. The third kappa shape index (κ3) is 1.83. The predicted octanol–water partition coefficient (Wildman–Crippen LogP) is 4.49. The van der Waals surface area contributed by atoms with Crippen molar-refractivity contribution in [3.05, 3.63) is 97.3 Å². The van der Waals surface area contributed by atoms with Crippen molar-refractivity contribution < 1.29 is 14.8 Å². The molecule has 2 aromatic heterocycles. The van der Waals surface area contributed by atoms with Gasteiger partial charge in [0, 0.05) is 0 Å². The van der Waals surface area contributed by atoms with Crippen LogP contribution in [-0.4, -0.2) is 13.9 Å². The fraction of sp³-hybridized carbons (Fsp3) is 0. The number of aromatic nitrogens is 2. The van der Waals surface area contributed by atoms with Gasteiger partial charge in [0.2, 0.25) is 0 Å². The van der Waals surface area contributed by atoms with E-state index in [1.165, 1.54) is 32.6 Å². The molecule has 4 heterocycles. The summed E-state index contributed by atoms with van der Waals surface area (Å²) in [6.07, 6.45) is 4.25. The Morgan fingerprint density at radius 3 is 1.45 bits per heavy atom. The summed E-state index contributed by atoms with van der Waals surface area (Å²) in [7, 11) is 0. The van der Waals surface area contributed by atoms with Gasteiger partial charge >= 0.3 is 181 Å². The molecule has 2 aliphatic rings. The molecule has 0 radical (unpaired) electrons. The zero-order valence-corrected chi connectivity index (χ0v) is 18.1.